The van der Waals surface area contributed by atoms with E-state index in [9.17, 15) is 33.9 Å². The molecule has 2 saturated heterocycles. The molecule has 2 fully saturated rings. The van der Waals surface area contributed by atoms with Crippen LogP contribution in [0.1, 0.15) is 117 Å². The Morgan fingerprint density at radius 3 is 1.51 bits per heavy atom. The number of carbonyl (C=O) groups is 4. The third kappa shape index (κ3) is 13.1. The van der Waals surface area contributed by atoms with Gasteiger partial charge in [-0.05, 0) is 97.4 Å². The average Bonchev–Trinajstić information content (AvgIpc) is 3.86. The van der Waals surface area contributed by atoms with Gasteiger partial charge in [-0.3, -0.25) is 9.59 Å². The van der Waals surface area contributed by atoms with Crippen LogP contribution >= 0.6 is 23.2 Å². The second-order valence-electron chi connectivity index (χ2n) is 19.6. The molecule has 2 aliphatic heterocycles. The highest BCUT2D eigenvalue weighted by Crippen LogP contribution is 2.32. The quantitative estimate of drug-likeness (QED) is 0.0627. The van der Waals surface area contributed by atoms with Crippen LogP contribution in [0.4, 0.5) is 21.2 Å². The number of halogens is 2. The van der Waals surface area contributed by atoms with Gasteiger partial charge in [-0.15, -0.1) is 10.2 Å². The summed E-state index contributed by atoms with van der Waals surface area (Å²) in [5, 5.41) is 25.7. The number of hydrogen-bond acceptors (Lipinski definition) is 13. The van der Waals surface area contributed by atoms with Gasteiger partial charge in [0.1, 0.15) is 33.6 Å². The summed E-state index contributed by atoms with van der Waals surface area (Å²) in [6.07, 6.45) is 5.65. The molecule has 8 rings (SSSR count). The minimum atomic E-state index is -1.26. The largest absolute Gasteiger partial charge is 0.477 e. The predicted molar refractivity (Wildman–Crippen MR) is 272 cm³/mol. The van der Waals surface area contributed by atoms with E-state index in [1.54, 1.807) is 39.8 Å². The molecule has 2 atom stereocenters. The number of H-pyrrole nitrogens is 2. The van der Waals surface area contributed by atoms with Gasteiger partial charge >= 0.3 is 24.1 Å². The Balaban J connectivity index is 0.000000212. The zero-order valence-corrected chi connectivity index (χ0v) is 42.8. The van der Waals surface area contributed by atoms with Gasteiger partial charge in [0.25, 0.3) is 11.1 Å². The standard InChI is InChI=1S/C26H32ClN5O5.C24H28ClN5O5/c1-5-36-24(34)20-15-32-21(23(33)29-20)18(13-16-9-6-7-11-19(16)27)22(30-32)31-12-8-10-17(14-31)28-25(35)37-26(2,3)4;1-24(2,3)35-23(34)26-15-8-6-10-29(12-15)20-16(11-14-7-4-5-9-17(14)25)19-21(31)27-18(22(32)33)13-30(19)28-20/h6-7,9,11,15,17H,5,8,10,12-14H2,1-4H3,(H,28,35)(H,29,33);4-5,7,9,13,15H,6,8,10-12H2,1-3H3,(H,26,34)(H,27,31)(H,32,33)/t17-;15-/m11/s1. The van der Waals surface area contributed by atoms with Crippen LogP contribution in [0.2, 0.25) is 10.0 Å². The first-order valence-corrected chi connectivity index (χ1v) is 24.5. The zero-order chi connectivity index (χ0) is 52.1. The van der Waals surface area contributed by atoms with Gasteiger partial charge in [0.05, 0.1) is 19.0 Å². The number of aromatic nitrogens is 6. The smallest absolute Gasteiger partial charge is 0.407 e. The number of carboxylic acids is 1. The van der Waals surface area contributed by atoms with Crippen molar-refractivity contribution in [2.75, 3.05) is 42.6 Å². The molecule has 6 heterocycles. The SMILES string of the molecule is CC(C)(C)OC(=O)N[C@@H]1CCCN(c2nn3cc(C(=O)O)[nH]c(=O)c3c2Cc2ccccc2Cl)C1.CCOC(=O)c1cn2nc(N3CCC[C@@H](NC(=O)OC(C)(C)C)C3)c(Cc3ccccc3Cl)c2c(=O)[nH]1. The predicted octanol–water partition coefficient (Wildman–Crippen LogP) is 7.40. The third-order valence-electron chi connectivity index (χ3n) is 11.7. The summed E-state index contributed by atoms with van der Waals surface area (Å²) < 4.78 is 18.6. The van der Waals surface area contributed by atoms with Crippen molar-refractivity contribution in [1.29, 1.82) is 0 Å². The van der Waals surface area contributed by atoms with E-state index in [-0.39, 0.29) is 35.6 Å². The number of hydrogen-bond donors (Lipinski definition) is 5. The fourth-order valence-corrected chi connectivity index (χ4v) is 9.10. The molecule has 0 saturated carbocycles. The lowest BCUT2D eigenvalue weighted by molar-refractivity contribution is 0.0488. The molecule has 2 aliphatic rings. The lowest BCUT2D eigenvalue weighted by Crippen LogP contribution is -2.49. The van der Waals surface area contributed by atoms with Crippen LogP contribution in [0.3, 0.4) is 0 Å². The number of rotatable bonds is 11. The third-order valence-corrected chi connectivity index (χ3v) is 12.4. The Hall–Kier alpha value is -7.06. The molecule has 22 heteroatoms. The van der Waals surface area contributed by atoms with E-state index in [4.69, 9.17) is 42.5 Å². The molecular formula is C50H60Cl2N10O10. The van der Waals surface area contributed by atoms with Gasteiger partial charge in [-0.25, -0.2) is 28.2 Å². The van der Waals surface area contributed by atoms with Crippen LogP contribution in [0, 0.1) is 0 Å². The second kappa shape index (κ2) is 22.1. The Morgan fingerprint density at radius 2 is 1.11 bits per heavy atom. The van der Waals surface area contributed by atoms with Crippen LogP contribution in [0.25, 0.3) is 11.0 Å². The fraction of sp³-hybridized carbons (Fsp3) is 0.440. The number of amides is 2. The summed E-state index contributed by atoms with van der Waals surface area (Å²) in [4.78, 5) is 83.7. The maximum atomic E-state index is 13.2. The lowest BCUT2D eigenvalue weighted by atomic mass is 10.0. The van der Waals surface area contributed by atoms with Gasteiger partial charge in [-0.2, -0.15) is 0 Å². The van der Waals surface area contributed by atoms with E-state index >= 15 is 0 Å². The Bertz CT molecular complexity index is 3100. The van der Waals surface area contributed by atoms with Gasteiger partial charge in [-0.1, -0.05) is 59.6 Å². The minimum absolute atomic E-state index is 0.0146. The minimum Gasteiger partial charge on any atom is -0.477 e. The van der Waals surface area contributed by atoms with Crippen molar-refractivity contribution < 1.29 is 38.5 Å². The summed E-state index contributed by atoms with van der Waals surface area (Å²) in [6.45, 7) is 15.0. The number of ether oxygens (including phenoxy) is 3. The summed E-state index contributed by atoms with van der Waals surface area (Å²) in [5.74, 6) is -0.741. The first-order valence-electron chi connectivity index (χ1n) is 23.7. The molecule has 0 bridgehead atoms. The monoisotopic (exact) mass is 1030 g/mol. The summed E-state index contributed by atoms with van der Waals surface area (Å²) in [5.41, 5.74) is 1.10. The molecule has 0 spiro atoms. The van der Waals surface area contributed by atoms with E-state index in [0.29, 0.717) is 77.3 Å². The number of nitrogens with zero attached hydrogens (tertiary/aromatic N) is 6. The molecule has 0 radical (unpaired) electrons. The van der Waals surface area contributed by atoms with Gasteiger partial charge < -0.3 is 49.7 Å². The Morgan fingerprint density at radius 1 is 0.694 bits per heavy atom. The van der Waals surface area contributed by atoms with Crippen LogP contribution < -0.4 is 31.6 Å². The van der Waals surface area contributed by atoms with Crippen LogP contribution in [0.15, 0.2) is 70.5 Å². The number of nitrogens with one attached hydrogen (secondary N) is 4. The van der Waals surface area contributed by atoms with Crippen molar-refractivity contribution in [3.63, 3.8) is 0 Å². The lowest BCUT2D eigenvalue weighted by Gasteiger charge is -2.34. The molecule has 20 nitrogen and oxygen atoms in total. The second-order valence-corrected chi connectivity index (χ2v) is 20.4. The topological polar surface area (TPSA) is 247 Å². The van der Waals surface area contributed by atoms with E-state index in [1.807, 2.05) is 67.0 Å². The number of anilines is 2. The number of aromatic amines is 2. The molecule has 4 aromatic heterocycles. The highest BCUT2D eigenvalue weighted by Gasteiger charge is 2.31. The summed E-state index contributed by atoms with van der Waals surface area (Å²) in [6, 6.07) is 14.4. The summed E-state index contributed by atoms with van der Waals surface area (Å²) >= 11 is 12.9. The van der Waals surface area contributed by atoms with E-state index < -0.39 is 46.4 Å². The van der Waals surface area contributed by atoms with Crippen molar-refractivity contribution in [1.82, 2.24) is 39.8 Å². The normalized spacial score (nSPS) is 16.2. The van der Waals surface area contributed by atoms with Gasteiger partial charge in [0.15, 0.2) is 11.6 Å². The molecule has 2 aromatic carbocycles. The number of carbonyl (C=O) groups excluding carboxylic acids is 3. The van der Waals surface area contributed by atoms with Crippen LogP contribution in [-0.4, -0.2) is 114 Å². The molecule has 0 aliphatic carbocycles. The average molecular weight is 1030 g/mol. The first kappa shape index (κ1) is 52.8. The molecule has 5 N–H and O–H groups in total. The molecule has 0 unspecified atom stereocenters. The number of carboxylic acid groups (broad SMARTS) is 1. The number of benzene rings is 2. The van der Waals surface area contributed by atoms with Gasteiger partial charge in [0, 0.05) is 72.3 Å². The number of fused-ring (bicyclic) bond motifs is 2. The Labute approximate surface area is 424 Å². The zero-order valence-electron chi connectivity index (χ0n) is 41.3. The molecule has 6 aromatic rings. The molecular weight excluding hydrogens is 972 g/mol. The number of esters is 1. The van der Waals surface area contributed by atoms with E-state index in [2.05, 4.69) is 25.7 Å². The number of aromatic carboxylic acids is 1. The highest BCUT2D eigenvalue weighted by atomic mass is 35.5. The van der Waals surface area contributed by atoms with Crippen molar-refractivity contribution in [3.05, 3.63) is 125 Å². The molecule has 72 heavy (non-hydrogen) atoms. The van der Waals surface area contributed by atoms with Crippen molar-refractivity contribution >= 4 is 70.0 Å². The number of alkyl carbamates (subject to hydrolysis) is 2. The highest BCUT2D eigenvalue weighted by molar-refractivity contribution is 6.31. The van der Waals surface area contributed by atoms with Crippen LogP contribution in [0.5, 0.6) is 0 Å². The molecule has 2 amide bonds. The van der Waals surface area contributed by atoms with E-state index in [1.165, 1.54) is 21.4 Å². The fourth-order valence-electron chi connectivity index (χ4n) is 8.70. The van der Waals surface area contributed by atoms with E-state index in [0.717, 1.165) is 36.8 Å². The molecule has 384 valence electrons. The van der Waals surface area contributed by atoms with Crippen molar-refractivity contribution in [2.24, 2.45) is 0 Å². The van der Waals surface area contributed by atoms with Crippen molar-refractivity contribution in [3.8, 4) is 0 Å². The summed E-state index contributed by atoms with van der Waals surface area (Å²) in [7, 11) is 0. The maximum absolute atomic E-state index is 13.2. The first-order chi connectivity index (χ1) is 34.1. The number of piperidine rings is 2. The van der Waals surface area contributed by atoms with Crippen molar-refractivity contribution in [2.45, 2.75) is 110 Å². The maximum Gasteiger partial charge on any atom is 0.407 e. The van der Waals surface area contributed by atoms with Crippen LogP contribution in [-0.2, 0) is 27.1 Å². The Kier molecular flexibility index (Phi) is 16.2. The van der Waals surface area contributed by atoms with Gasteiger partial charge in [0.2, 0.25) is 0 Å².